The maximum absolute atomic E-state index is 15.4. The summed E-state index contributed by atoms with van der Waals surface area (Å²) < 4.78 is 42.1. The predicted molar refractivity (Wildman–Crippen MR) is 98.4 cm³/mol. The number of benzene rings is 1. The Hall–Kier alpha value is -1.87. The van der Waals surface area contributed by atoms with Gasteiger partial charge in [0.25, 0.3) is 5.91 Å². The summed E-state index contributed by atoms with van der Waals surface area (Å²) in [7, 11) is -4.18. The summed E-state index contributed by atoms with van der Waals surface area (Å²) in [6.07, 6.45) is 2.71. The lowest BCUT2D eigenvalue weighted by atomic mass is 9.87. The van der Waals surface area contributed by atoms with Crippen molar-refractivity contribution >= 4 is 21.8 Å². The van der Waals surface area contributed by atoms with Gasteiger partial charge in [0.15, 0.2) is 5.82 Å². The zero-order valence-corrected chi connectivity index (χ0v) is 16.1. The highest BCUT2D eigenvalue weighted by molar-refractivity contribution is 7.92. The standard InChI is InChI=1S/C18H24FN3O4S/c1-9(2)3-4-20-13-6-10-5-12(13)16-11(10)7-14(23)18(17(16)19)22-8-15(24)21-27(22,25)26/h7,9-10,12-13,20,23H,3-6,8H2,1-2H3,(H,21,24). The van der Waals surface area contributed by atoms with E-state index in [0.717, 1.165) is 31.4 Å². The van der Waals surface area contributed by atoms with E-state index in [9.17, 15) is 18.3 Å². The van der Waals surface area contributed by atoms with Crippen molar-refractivity contribution in [3.05, 3.63) is 23.0 Å². The van der Waals surface area contributed by atoms with Crippen LogP contribution in [0.5, 0.6) is 5.75 Å². The van der Waals surface area contributed by atoms with E-state index in [1.807, 2.05) is 4.72 Å². The summed E-state index contributed by atoms with van der Waals surface area (Å²) in [6.45, 7) is 4.62. The highest BCUT2D eigenvalue weighted by Gasteiger charge is 2.48. The Balaban J connectivity index is 1.68. The van der Waals surface area contributed by atoms with E-state index >= 15 is 4.39 Å². The number of hydrogen-bond donors (Lipinski definition) is 3. The number of aromatic hydroxyl groups is 1. The summed E-state index contributed by atoms with van der Waals surface area (Å²) in [5, 5.41) is 13.8. The highest BCUT2D eigenvalue weighted by atomic mass is 32.2. The van der Waals surface area contributed by atoms with Crippen LogP contribution in [0.1, 0.15) is 56.1 Å². The van der Waals surface area contributed by atoms with Crippen LogP contribution in [0.3, 0.4) is 0 Å². The van der Waals surface area contributed by atoms with Crippen LogP contribution in [0.4, 0.5) is 10.1 Å². The number of nitrogens with zero attached hydrogens (tertiary/aromatic N) is 1. The third kappa shape index (κ3) is 2.97. The van der Waals surface area contributed by atoms with Gasteiger partial charge in [-0.1, -0.05) is 13.8 Å². The molecular weight excluding hydrogens is 373 g/mol. The Bertz CT molecular complexity index is 902. The number of carbonyl (C=O) groups excluding carboxylic acids is 1. The molecule has 2 fully saturated rings. The van der Waals surface area contributed by atoms with Gasteiger partial charge in [0.2, 0.25) is 0 Å². The van der Waals surface area contributed by atoms with Crippen LogP contribution < -0.4 is 14.3 Å². The molecule has 0 spiro atoms. The fourth-order valence-electron chi connectivity index (χ4n) is 4.65. The van der Waals surface area contributed by atoms with Crippen LogP contribution in [-0.2, 0) is 15.0 Å². The molecule has 2 bridgehead atoms. The van der Waals surface area contributed by atoms with Crippen LogP contribution >= 0.6 is 0 Å². The van der Waals surface area contributed by atoms with Crippen molar-refractivity contribution < 1.29 is 22.7 Å². The first-order valence-electron chi connectivity index (χ1n) is 9.31. The van der Waals surface area contributed by atoms with Crippen LogP contribution in [0.25, 0.3) is 0 Å². The number of amides is 1. The number of anilines is 1. The molecule has 4 rings (SSSR count). The van der Waals surface area contributed by atoms with Gasteiger partial charge in [0.1, 0.15) is 18.0 Å². The monoisotopic (exact) mass is 397 g/mol. The molecule has 148 valence electrons. The fourth-order valence-corrected chi connectivity index (χ4v) is 5.82. The zero-order chi connectivity index (χ0) is 19.5. The van der Waals surface area contributed by atoms with E-state index in [2.05, 4.69) is 19.2 Å². The SMILES string of the molecule is CC(C)CCNC1CC2CC1c1c2cc(O)c(N2CC(=O)NS2(=O)=O)c1F. The third-order valence-corrected chi connectivity index (χ3v) is 7.24. The minimum atomic E-state index is -4.18. The quantitative estimate of drug-likeness (QED) is 0.702. The first-order valence-corrected chi connectivity index (χ1v) is 10.7. The van der Waals surface area contributed by atoms with Crippen molar-refractivity contribution in [3.63, 3.8) is 0 Å². The molecule has 1 amide bonds. The third-order valence-electron chi connectivity index (χ3n) is 5.86. The average Bonchev–Trinajstić information content (AvgIpc) is 3.18. The van der Waals surface area contributed by atoms with E-state index in [0.29, 0.717) is 15.8 Å². The van der Waals surface area contributed by atoms with Gasteiger partial charge >= 0.3 is 10.2 Å². The van der Waals surface area contributed by atoms with Crippen molar-refractivity contribution in [2.75, 3.05) is 17.4 Å². The lowest BCUT2D eigenvalue weighted by molar-refractivity contribution is -0.117. The van der Waals surface area contributed by atoms with Crippen molar-refractivity contribution in [3.8, 4) is 5.75 Å². The molecule has 0 radical (unpaired) electrons. The molecule has 1 heterocycles. The van der Waals surface area contributed by atoms with Crippen LogP contribution in [0.15, 0.2) is 6.07 Å². The summed E-state index contributed by atoms with van der Waals surface area (Å²) in [4.78, 5) is 11.5. The Morgan fingerprint density at radius 3 is 2.78 bits per heavy atom. The van der Waals surface area contributed by atoms with Gasteiger partial charge in [-0.15, -0.1) is 0 Å². The minimum absolute atomic E-state index is 0.0505. The number of phenols is 1. The molecule has 1 saturated carbocycles. The van der Waals surface area contributed by atoms with E-state index in [1.54, 1.807) is 0 Å². The van der Waals surface area contributed by atoms with Gasteiger partial charge in [0, 0.05) is 12.0 Å². The molecule has 1 aromatic carbocycles. The summed E-state index contributed by atoms with van der Waals surface area (Å²) in [5.74, 6) is -1.23. The van der Waals surface area contributed by atoms with Gasteiger partial charge in [-0.2, -0.15) is 8.42 Å². The molecule has 3 aliphatic rings. The van der Waals surface area contributed by atoms with E-state index in [1.165, 1.54) is 6.07 Å². The Morgan fingerprint density at radius 2 is 2.15 bits per heavy atom. The second-order valence-electron chi connectivity index (χ2n) is 8.12. The molecular formula is C18H24FN3O4S. The van der Waals surface area contributed by atoms with Gasteiger partial charge in [-0.25, -0.2) is 13.4 Å². The van der Waals surface area contributed by atoms with E-state index in [4.69, 9.17) is 0 Å². The average molecular weight is 397 g/mol. The van der Waals surface area contributed by atoms with E-state index in [-0.39, 0.29) is 17.9 Å². The molecule has 3 atom stereocenters. The second-order valence-corrected chi connectivity index (χ2v) is 9.71. The van der Waals surface area contributed by atoms with Crippen molar-refractivity contribution in [2.45, 2.75) is 51.0 Å². The maximum atomic E-state index is 15.4. The molecule has 3 N–H and O–H groups in total. The smallest absolute Gasteiger partial charge is 0.326 e. The normalized spacial score (nSPS) is 28.1. The van der Waals surface area contributed by atoms with Crippen molar-refractivity contribution in [2.24, 2.45) is 5.92 Å². The first-order chi connectivity index (χ1) is 12.7. The molecule has 27 heavy (non-hydrogen) atoms. The summed E-state index contributed by atoms with van der Waals surface area (Å²) >= 11 is 0. The lowest BCUT2D eigenvalue weighted by Gasteiger charge is -2.28. The highest BCUT2D eigenvalue weighted by Crippen LogP contribution is 2.56. The number of fused-ring (bicyclic) bond motifs is 5. The number of halogens is 1. The van der Waals surface area contributed by atoms with Crippen LogP contribution in [0, 0.1) is 11.7 Å². The van der Waals surface area contributed by atoms with E-state index < -0.39 is 39.9 Å². The Kier molecular flexibility index (Phi) is 4.34. The zero-order valence-electron chi connectivity index (χ0n) is 15.3. The molecule has 0 aromatic heterocycles. The number of nitrogens with one attached hydrogen (secondary N) is 2. The molecule has 1 aliphatic heterocycles. The van der Waals surface area contributed by atoms with Gasteiger partial charge in [-0.3, -0.25) is 4.79 Å². The Labute approximate surface area is 158 Å². The summed E-state index contributed by atoms with van der Waals surface area (Å²) in [5.41, 5.74) is 0.813. The van der Waals surface area contributed by atoms with Gasteiger partial charge in [-0.05, 0) is 54.8 Å². The topological polar surface area (TPSA) is 98.7 Å². The van der Waals surface area contributed by atoms with Crippen molar-refractivity contribution in [1.82, 2.24) is 10.0 Å². The number of carbonyl (C=O) groups is 1. The second kappa shape index (κ2) is 6.34. The van der Waals surface area contributed by atoms with Gasteiger partial charge in [0.05, 0.1) is 0 Å². The maximum Gasteiger partial charge on any atom is 0.326 e. The minimum Gasteiger partial charge on any atom is -0.506 e. The number of rotatable bonds is 5. The number of hydrogen-bond acceptors (Lipinski definition) is 5. The van der Waals surface area contributed by atoms with Crippen LogP contribution in [-0.4, -0.2) is 38.6 Å². The van der Waals surface area contributed by atoms with Gasteiger partial charge < -0.3 is 10.4 Å². The predicted octanol–water partition coefficient (Wildman–Crippen LogP) is 1.69. The molecule has 3 unspecified atom stereocenters. The molecule has 1 aromatic rings. The number of phenolic OH excluding ortho intramolecular Hbond substituents is 1. The fraction of sp³-hybridized carbons (Fsp3) is 0.611. The molecule has 2 aliphatic carbocycles. The molecule has 1 saturated heterocycles. The van der Waals surface area contributed by atoms with Crippen molar-refractivity contribution in [1.29, 1.82) is 0 Å². The molecule has 7 nitrogen and oxygen atoms in total. The summed E-state index contributed by atoms with van der Waals surface area (Å²) in [6, 6.07) is 1.62. The largest absolute Gasteiger partial charge is 0.506 e. The van der Waals surface area contributed by atoms with Crippen LogP contribution in [0.2, 0.25) is 0 Å². The molecule has 9 heteroatoms. The Morgan fingerprint density at radius 1 is 1.41 bits per heavy atom. The lowest BCUT2D eigenvalue weighted by Crippen LogP contribution is -2.35. The first kappa shape index (κ1) is 18.5.